The molecule has 2 amide bonds. The van der Waals surface area contributed by atoms with Gasteiger partial charge in [0.25, 0.3) is 0 Å². The molecule has 0 aliphatic heterocycles. The number of halogens is 2. The molecule has 176 valence electrons. The minimum Gasteiger partial charge on any atom is -0.490 e. The maximum atomic E-state index is 12.0. The highest BCUT2D eigenvalue weighted by Gasteiger charge is 2.10. The van der Waals surface area contributed by atoms with E-state index in [4.69, 9.17) is 32.7 Å². The number of anilines is 1. The maximum absolute atomic E-state index is 12.0. The fourth-order valence-electron chi connectivity index (χ4n) is 2.87. The van der Waals surface area contributed by atoms with E-state index in [-0.39, 0.29) is 0 Å². The molecule has 0 unspecified atom stereocenters. The number of carbonyl (C=O) groups is 2. The van der Waals surface area contributed by atoms with Crippen LogP contribution >= 0.6 is 23.2 Å². The summed E-state index contributed by atoms with van der Waals surface area (Å²) < 4.78 is 11.6. The van der Waals surface area contributed by atoms with E-state index < -0.39 is 18.2 Å². The monoisotopic (exact) mass is 499 g/mol. The SMILES string of the molecule is CCOc1cc(/C=N/NC(=O)CC(=O)Nc2ccc(Cl)c(Cl)c2)ccc1OCc1ccccc1. The number of nitrogens with one attached hydrogen (secondary N) is 2. The predicted octanol–water partition coefficient (Wildman–Crippen LogP) is 5.45. The Labute approximate surface area is 207 Å². The summed E-state index contributed by atoms with van der Waals surface area (Å²) in [7, 11) is 0. The summed E-state index contributed by atoms with van der Waals surface area (Å²) in [5.41, 5.74) is 4.50. The van der Waals surface area contributed by atoms with Crippen molar-refractivity contribution in [3.63, 3.8) is 0 Å². The van der Waals surface area contributed by atoms with Crippen LogP contribution in [0, 0.1) is 0 Å². The third kappa shape index (κ3) is 7.79. The lowest BCUT2D eigenvalue weighted by molar-refractivity contribution is -0.126. The Bertz CT molecular complexity index is 1170. The fraction of sp³-hybridized carbons (Fsp3) is 0.160. The number of hydrazone groups is 1. The molecule has 0 aliphatic carbocycles. The van der Waals surface area contributed by atoms with Gasteiger partial charge in [0.05, 0.1) is 22.9 Å². The van der Waals surface area contributed by atoms with Gasteiger partial charge in [-0.1, -0.05) is 53.5 Å². The first-order chi connectivity index (χ1) is 16.4. The number of ether oxygens (including phenoxy) is 2. The van der Waals surface area contributed by atoms with E-state index in [2.05, 4.69) is 15.8 Å². The Morgan fingerprint density at radius 2 is 1.71 bits per heavy atom. The number of rotatable bonds is 10. The molecular weight excluding hydrogens is 477 g/mol. The second-order valence-electron chi connectivity index (χ2n) is 7.06. The van der Waals surface area contributed by atoms with Gasteiger partial charge >= 0.3 is 0 Å². The average Bonchev–Trinajstić information content (AvgIpc) is 2.82. The second-order valence-corrected chi connectivity index (χ2v) is 7.87. The molecule has 3 aromatic carbocycles. The van der Waals surface area contributed by atoms with Gasteiger partial charge in [-0.2, -0.15) is 5.10 Å². The van der Waals surface area contributed by atoms with Crippen molar-refractivity contribution in [2.24, 2.45) is 5.10 Å². The van der Waals surface area contributed by atoms with Crippen molar-refractivity contribution < 1.29 is 19.1 Å². The van der Waals surface area contributed by atoms with Crippen LogP contribution in [-0.2, 0) is 16.2 Å². The zero-order chi connectivity index (χ0) is 24.3. The lowest BCUT2D eigenvalue weighted by atomic mass is 10.2. The Morgan fingerprint density at radius 1 is 0.912 bits per heavy atom. The fourth-order valence-corrected chi connectivity index (χ4v) is 3.17. The lowest BCUT2D eigenvalue weighted by Gasteiger charge is -2.12. The van der Waals surface area contributed by atoms with E-state index in [1.807, 2.05) is 37.3 Å². The Kier molecular flexibility index (Phi) is 9.31. The first-order valence-corrected chi connectivity index (χ1v) is 11.2. The van der Waals surface area contributed by atoms with Crippen molar-refractivity contribution in [2.45, 2.75) is 20.0 Å². The molecule has 0 saturated carbocycles. The molecule has 7 nitrogen and oxygen atoms in total. The summed E-state index contributed by atoms with van der Waals surface area (Å²) in [6, 6.07) is 19.8. The zero-order valence-corrected chi connectivity index (χ0v) is 19.9. The van der Waals surface area contributed by atoms with E-state index in [0.29, 0.717) is 46.0 Å². The van der Waals surface area contributed by atoms with E-state index >= 15 is 0 Å². The lowest BCUT2D eigenvalue weighted by Crippen LogP contribution is -2.24. The number of carbonyl (C=O) groups excluding carboxylic acids is 2. The topological polar surface area (TPSA) is 89.0 Å². The molecular formula is C25H23Cl2N3O4. The molecule has 0 aliphatic rings. The smallest absolute Gasteiger partial charge is 0.249 e. The van der Waals surface area contributed by atoms with Crippen LogP contribution in [0.3, 0.4) is 0 Å². The molecule has 3 aromatic rings. The van der Waals surface area contributed by atoms with Crippen LogP contribution < -0.4 is 20.2 Å². The molecule has 0 heterocycles. The molecule has 0 spiro atoms. The number of amides is 2. The minimum absolute atomic E-state index is 0.302. The standard InChI is InChI=1S/C25H23Cl2N3O4/c1-2-33-23-12-18(8-11-22(23)34-16-17-6-4-3-5-7-17)15-28-30-25(32)14-24(31)29-19-9-10-20(26)21(27)13-19/h3-13,15H,2,14,16H2,1H3,(H,29,31)(H,30,32)/b28-15+. The zero-order valence-electron chi connectivity index (χ0n) is 18.4. The third-order valence-corrected chi connectivity index (χ3v) is 5.17. The number of nitrogens with zero attached hydrogens (tertiary/aromatic N) is 1. The van der Waals surface area contributed by atoms with Crippen LogP contribution in [0.4, 0.5) is 5.69 Å². The van der Waals surface area contributed by atoms with Crippen LogP contribution in [0.5, 0.6) is 11.5 Å². The molecule has 0 bridgehead atoms. The van der Waals surface area contributed by atoms with E-state index in [1.54, 1.807) is 30.3 Å². The van der Waals surface area contributed by atoms with Gasteiger partial charge in [-0.15, -0.1) is 0 Å². The molecule has 9 heteroatoms. The van der Waals surface area contributed by atoms with Gasteiger partial charge in [0.15, 0.2) is 11.5 Å². The summed E-state index contributed by atoms with van der Waals surface area (Å²) in [5, 5.41) is 7.16. The van der Waals surface area contributed by atoms with Gasteiger partial charge in [-0.25, -0.2) is 5.43 Å². The summed E-state index contributed by atoms with van der Waals surface area (Å²) in [4.78, 5) is 24.1. The summed E-state index contributed by atoms with van der Waals surface area (Å²) >= 11 is 11.8. The van der Waals surface area contributed by atoms with Crippen molar-refractivity contribution in [3.8, 4) is 11.5 Å². The molecule has 0 atom stereocenters. The molecule has 34 heavy (non-hydrogen) atoms. The van der Waals surface area contributed by atoms with Gasteiger partial charge in [0.1, 0.15) is 13.0 Å². The van der Waals surface area contributed by atoms with Crippen LogP contribution in [0.15, 0.2) is 71.8 Å². The molecule has 3 rings (SSSR count). The van der Waals surface area contributed by atoms with Crippen molar-refractivity contribution >= 4 is 46.9 Å². The largest absolute Gasteiger partial charge is 0.490 e. The number of benzene rings is 3. The average molecular weight is 500 g/mol. The summed E-state index contributed by atoms with van der Waals surface area (Å²) in [5.74, 6) is 0.0897. The number of hydrogen-bond donors (Lipinski definition) is 2. The van der Waals surface area contributed by atoms with E-state index in [1.165, 1.54) is 12.3 Å². The predicted molar refractivity (Wildman–Crippen MR) is 134 cm³/mol. The molecule has 0 radical (unpaired) electrons. The Hall–Kier alpha value is -3.55. The second kappa shape index (κ2) is 12.6. The van der Waals surface area contributed by atoms with Crippen LogP contribution in [-0.4, -0.2) is 24.6 Å². The third-order valence-electron chi connectivity index (χ3n) is 4.43. The van der Waals surface area contributed by atoms with Gasteiger partial charge in [-0.05, 0) is 54.4 Å². The van der Waals surface area contributed by atoms with Crippen LogP contribution in [0.2, 0.25) is 10.0 Å². The van der Waals surface area contributed by atoms with Crippen LogP contribution in [0.25, 0.3) is 0 Å². The highest BCUT2D eigenvalue weighted by Crippen LogP contribution is 2.29. The van der Waals surface area contributed by atoms with Crippen molar-refractivity contribution in [2.75, 3.05) is 11.9 Å². The molecule has 0 saturated heterocycles. The van der Waals surface area contributed by atoms with Gasteiger partial charge in [-0.3, -0.25) is 9.59 Å². The van der Waals surface area contributed by atoms with Gasteiger partial charge in [0.2, 0.25) is 11.8 Å². The van der Waals surface area contributed by atoms with Gasteiger partial charge in [0, 0.05) is 5.69 Å². The van der Waals surface area contributed by atoms with E-state index in [9.17, 15) is 9.59 Å². The van der Waals surface area contributed by atoms with Crippen molar-refractivity contribution in [1.82, 2.24) is 5.43 Å². The minimum atomic E-state index is -0.568. The maximum Gasteiger partial charge on any atom is 0.249 e. The normalized spacial score (nSPS) is 10.7. The van der Waals surface area contributed by atoms with Crippen LogP contribution in [0.1, 0.15) is 24.5 Å². The summed E-state index contributed by atoms with van der Waals surface area (Å²) in [6.45, 7) is 2.76. The van der Waals surface area contributed by atoms with Gasteiger partial charge < -0.3 is 14.8 Å². The van der Waals surface area contributed by atoms with Crippen molar-refractivity contribution in [1.29, 1.82) is 0 Å². The molecule has 0 aromatic heterocycles. The van der Waals surface area contributed by atoms with E-state index in [0.717, 1.165) is 5.56 Å². The quantitative estimate of drug-likeness (QED) is 0.220. The first kappa shape index (κ1) is 25.1. The highest BCUT2D eigenvalue weighted by atomic mass is 35.5. The summed E-state index contributed by atoms with van der Waals surface area (Å²) in [6.07, 6.45) is 1.05. The first-order valence-electron chi connectivity index (χ1n) is 10.4. The number of hydrogen-bond acceptors (Lipinski definition) is 5. The molecule has 0 fully saturated rings. The highest BCUT2D eigenvalue weighted by molar-refractivity contribution is 6.42. The van der Waals surface area contributed by atoms with Crippen molar-refractivity contribution in [3.05, 3.63) is 87.9 Å². The Morgan fingerprint density at radius 3 is 2.44 bits per heavy atom. The molecule has 2 N–H and O–H groups in total. The Balaban J connectivity index is 1.53.